The van der Waals surface area contributed by atoms with E-state index in [1.165, 1.54) is 0 Å². The Hall–Kier alpha value is -1.22. The van der Waals surface area contributed by atoms with Crippen molar-refractivity contribution in [2.24, 2.45) is 0 Å². The first-order chi connectivity index (χ1) is 8.67. The lowest BCUT2D eigenvalue weighted by Crippen LogP contribution is -2.03. The second-order valence-electron chi connectivity index (χ2n) is 4.32. The van der Waals surface area contributed by atoms with Gasteiger partial charge in [-0.2, -0.15) is 0 Å². The molecule has 0 N–H and O–H groups in total. The minimum absolute atomic E-state index is 0.0838. The fourth-order valence-electron chi connectivity index (χ4n) is 2.15. The molecule has 0 amide bonds. The molecule has 1 heterocycles. The zero-order valence-corrected chi connectivity index (χ0v) is 11.9. The SMILES string of the molecule is CCCn1c(C(C)Cl)nc2cc(OCC)ccc21. The molecular weight excluding hydrogens is 248 g/mol. The van der Waals surface area contributed by atoms with Gasteiger partial charge in [-0.3, -0.25) is 0 Å². The molecule has 0 fully saturated rings. The van der Waals surface area contributed by atoms with E-state index in [1.54, 1.807) is 0 Å². The Morgan fingerprint density at radius 1 is 1.39 bits per heavy atom. The minimum atomic E-state index is -0.0838. The number of aryl methyl sites for hydroxylation is 1. The molecule has 3 nitrogen and oxygen atoms in total. The molecule has 2 aromatic rings. The van der Waals surface area contributed by atoms with Crippen LogP contribution in [-0.4, -0.2) is 16.2 Å². The number of nitrogens with zero attached hydrogens (tertiary/aromatic N) is 2. The van der Waals surface area contributed by atoms with E-state index >= 15 is 0 Å². The summed E-state index contributed by atoms with van der Waals surface area (Å²) in [6.07, 6.45) is 1.06. The molecule has 98 valence electrons. The average Bonchev–Trinajstić information content (AvgIpc) is 2.69. The van der Waals surface area contributed by atoms with Crippen LogP contribution in [0.3, 0.4) is 0 Å². The summed E-state index contributed by atoms with van der Waals surface area (Å²) in [5.41, 5.74) is 2.08. The first-order valence-electron chi connectivity index (χ1n) is 6.44. The molecule has 1 aromatic carbocycles. The molecule has 0 aliphatic heterocycles. The predicted molar refractivity (Wildman–Crippen MR) is 75.5 cm³/mol. The van der Waals surface area contributed by atoms with E-state index in [1.807, 2.05) is 26.0 Å². The van der Waals surface area contributed by atoms with Crippen LogP contribution in [0.2, 0.25) is 0 Å². The molecule has 0 bridgehead atoms. The molecule has 0 radical (unpaired) electrons. The van der Waals surface area contributed by atoms with Gasteiger partial charge in [0.05, 0.1) is 23.0 Å². The standard InChI is InChI=1S/C14H19ClN2O/c1-4-8-17-13-7-6-11(18-5-2)9-12(13)16-14(17)10(3)15/h6-7,9-10H,4-5,8H2,1-3H3. The van der Waals surface area contributed by atoms with Crippen molar-refractivity contribution in [2.45, 2.75) is 39.1 Å². The van der Waals surface area contributed by atoms with Crippen molar-refractivity contribution in [3.63, 3.8) is 0 Å². The second-order valence-corrected chi connectivity index (χ2v) is 4.98. The molecule has 1 aromatic heterocycles. The van der Waals surface area contributed by atoms with Gasteiger partial charge in [-0.25, -0.2) is 4.98 Å². The second kappa shape index (κ2) is 5.61. The number of benzene rings is 1. The number of alkyl halides is 1. The number of hydrogen-bond acceptors (Lipinski definition) is 2. The summed E-state index contributed by atoms with van der Waals surface area (Å²) in [7, 11) is 0. The van der Waals surface area contributed by atoms with Gasteiger partial charge in [0.15, 0.2) is 0 Å². The van der Waals surface area contributed by atoms with E-state index in [2.05, 4.69) is 22.5 Å². The van der Waals surface area contributed by atoms with Crippen LogP contribution in [0.25, 0.3) is 11.0 Å². The summed E-state index contributed by atoms with van der Waals surface area (Å²) in [6.45, 7) is 7.70. The molecule has 0 aliphatic rings. The summed E-state index contributed by atoms with van der Waals surface area (Å²) < 4.78 is 7.70. The van der Waals surface area contributed by atoms with Gasteiger partial charge < -0.3 is 9.30 Å². The third kappa shape index (κ3) is 2.46. The van der Waals surface area contributed by atoms with Crippen molar-refractivity contribution in [3.05, 3.63) is 24.0 Å². The summed E-state index contributed by atoms with van der Waals surface area (Å²) in [5.74, 6) is 1.79. The average molecular weight is 267 g/mol. The molecular formula is C14H19ClN2O. The topological polar surface area (TPSA) is 27.1 Å². The van der Waals surface area contributed by atoms with Crippen molar-refractivity contribution >= 4 is 22.6 Å². The lowest BCUT2D eigenvalue weighted by atomic mass is 10.3. The quantitative estimate of drug-likeness (QED) is 0.761. The van der Waals surface area contributed by atoms with Crippen LogP contribution in [0.5, 0.6) is 5.75 Å². The van der Waals surface area contributed by atoms with Crippen LogP contribution < -0.4 is 4.74 Å². The maximum Gasteiger partial charge on any atom is 0.127 e. The number of aromatic nitrogens is 2. The summed E-state index contributed by atoms with van der Waals surface area (Å²) in [4.78, 5) is 4.62. The maximum atomic E-state index is 6.20. The molecule has 4 heteroatoms. The van der Waals surface area contributed by atoms with E-state index in [0.717, 1.165) is 35.6 Å². The first-order valence-corrected chi connectivity index (χ1v) is 6.88. The minimum Gasteiger partial charge on any atom is -0.494 e. The number of fused-ring (bicyclic) bond motifs is 1. The number of imidazole rings is 1. The molecule has 0 saturated heterocycles. The van der Waals surface area contributed by atoms with Crippen molar-refractivity contribution < 1.29 is 4.74 Å². The van der Waals surface area contributed by atoms with Crippen molar-refractivity contribution in [3.8, 4) is 5.75 Å². The molecule has 1 atom stereocenters. The van der Waals surface area contributed by atoms with Crippen LogP contribution in [0.1, 0.15) is 38.4 Å². The van der Waals surface area contributed by atoms with Crippen LogP contribution in [0, 0.1) is 0 Å². The Bertz CT molecular complexity index is 534. The highest BCUT2D eigenvalue weighted by Gasteiger charge is 2.14. The van der Waals surface area contributed by atoms with Gasteiger partial charge in [-0.05, 0) is 32.4 Å². The third-order valence-electron chi connectivity index (χ3n) is 2.86. The predicted octanol–water partition coefficient (Wildman–Crippen LogP) is 4.14. The summed E-state index contributed by atoms with van der Waals surface area (Å²) in [6, 6.07) is 6.03. The van der Waals surface area contributed by atoms with Crippen LogP contribution >= 0.6 is 11.6 Å². The van der Waals surface area contributed by atoms with Gasteiger partial charge in [0.2, 0.25) is 0 Å². The van der Waals surface area contributed by atoms with Gasteiger partial charge >= 0.3 is 0 Å². The zero-order chi connectivity index (χ0) is 13.1. The molecule has 0 aliphatic carbocycles. The zero-order valence-electron chi connectivity index (χ0n) is 11.1. The molecule has 1 unspecified atom stereocenters. The van der Waals surface area contributed by atoms with Crippen LogP contribution in [-0.2, 0) is 6.54 Å². The van der Waals surface area contributed by atoms with E-state index in [4.69, 9.17) is 16.3 Å². The maximum absolute atomic E-state index is 6.20. The van der Waals surface area contributed by atoms with E-state index in [0.29, 0.717) is 6.61 Å². The van der Waals surface area contributed by atoms with Crippen molar-refractivity contribution in [1.29, 1.82) is 0 Å². The van der Waals surface area contributed by atoms with Gasteiger partial charge in [-0.15, -0.1) is 11.6 Å². The Morgan fingerprint density at radius 3 is 2.78 bits per heavy atom. The van der Waals surface area contributed by atoms with Gasteiger partial charge in [-0.1, -0.05) is 6.92 Å². The van der Waals surface area contributed by atoms with Crippen LogP contribution in [0.4, 0.5) is 0 Å². The highest BCUT2D eigenvalue weighted by molar-refractivity contribution is 6.20. The van der Waals surface area contributed by atoms with Crippen LogP contribution in [0.15, 0.2) is 18.2 Å². The van der Waals surface area contributed by atoms with Gasteiger partial charge in [0.1, 0.15) is 11.6 Å². The van der Waals surface area contributed by atoms with Crippen molar-refractivity contribution in [1.82, 2.24) is 9.55 Å². The number of halogens is 1. The molecule has 18 heavy (non-hydrogen) atoms. The number of ether oxygens (including phenoxy) is 1. The fraction of sp³-hybridized carbons (Fsp3) is 0.500. The summed E-state index contributed by atoms with van der Waals surface area (Å²) in [5, 5.41) is -0.0838. The van der Waals surface area contributed by atoms with E-state index in [9.17, 15) is 0 Å². The Labute approximate surface area is 113 Å². The fourth-order valence-corrected chi connectivity index (χ4v) is 2.31. The number of rotatable bonds is 5. The highest BCUT2D eigenvalue weighted by atomic mass is 35.5. The lowest BCUT2D eigenvalue weighted by molar-refractivity contribution is 0.340. The van der Waals surface area contributed by atoms with E-state index in [-0.39, 0.29) is 5.38 Å². The van der Waals surface area contributed by atoms with Crippen molar-refractivity contribution in [2.75, 3.05) is 6.61 Å². The Morgan fingerprint density at radius 2 is 2.17 bits per heavy atom. The summed E-state index contributed by atoms with van der Waals surface area (Å²) >= 11 is 6.20. The monoisotopic (exact) mass is 266 g/mol. The van der Waals surface area contributed by atoms with Gasteiger partial charge in [0.25, 0.3) is 0 Å². The molecule has 0 spiro atoms. The largest absolute Gasteiger partial charge is 0.494 e. The van der Waals surface area contributed by atoms with E-state index < -0.39 is 0 Å². The number of hydrogen-bond donors (Lipinski definition) is 0. The Balaban J connectivity index is 2.53. The third-order valence-corrected chi connectivity index (χ3v) is 3.06. The van der Waals surface area contributed by atoms with Gasteiger partial charge in [0, 0.05) is 12.6 Å². The normalized spacial score (nSPS) is 12.9. The first kappa shape index (κ1) is 13.2. The molecule has 0 saturated carbocycles. The lowest BCUT2D eigenvalue weighted by Gasteiger charge is -2.09. The molecule has 2 rings (SSSR count). The highest BCUT2D eigenvalue weighted by Crippen LogP contribution is 2.27. The Kier molecular flexibility index (Phi) is 4.12. The smallest absolute Gasteiger partial charge is 0.127 e.